The zero-order valence-corrected chi connectivity index (χ0v) is 34.3. The molecule has 0 aromatic heterocycles. The quantitative estimate of drug-likeness (QED) is 0.118. The van der Waals surface area contributed by atoms with Crippen molar-refractivity contribution in [2.75, 3.05) is 18.8 Å². The molecule has 0 amide bonds. The maximum Gasteiger partial charge on any atom is 0.187 e. The molecule has 5 N–H and O–H groups in total. The molecule has 1 aliphatic carbocycles. The number of benzene rings is 2. The molecular weight excluding hydrogens is 753 g/mol. The molecular formula is C46H52N4O5S2. The molecule has 2 aromatic rings. The second-order valence-electron chi connectivity index (χ2n) is 16.7. The van der Waals surface area contributed by atoms with E-state index < -0.39 is 29.8 Å². The lowest BCUT2D eigenvalue weighted by molar-refractivity contribution is -0.121. The van der Waals surface area contributed by atoms with Gasteiger partial charge in [-0.1, -0.05) is 96.6 Å². The molecule has 1 saturated carbocycles. The van der Waals surface area contributed by atoms with Crippen molar-refractivity contribution in [1.29, 1.82) is 0 Å². The lowest BCUT2D eigenvalue weighted by atomic mass is 9.73. The lowest BCUT2D eigenvalue weighted by Gasteiger charge is -2.40. The van der Waals surface area contributed by atoms with Gasteiger partial charge in [0.2, 0.25) is 0 Å². The van der Waals surface area contributed by atoms with Gasteiger partial charge in [0.05, 0.1) is 29.3 Å². The Balaban J connectivity index is 1.19. The fourth-order valence-corrected chi connectivity index (χ4v) is 12.4. The Morgan fingerprint density at radius 1 is 1.14 bits per heavy atom. The van der Waals surface area contributed by atoms with Gasteiger partial charge in [-0.05, 0) is 65.1 Å². The number of aliphatic imine (C=N–C) groups is 1. The molecule has 7 aliphatic heterocycles. The Kier molecular flexibility index (Phi) is 11.3. The number of nitrogens with zero attached hydrogens (tertiary/aromatic N) is 2. The molecule has 57 heavy (non-hydrogen) atoms. The highest BCUT2D eigenvalue weighted by Gasteiger charge is 2.49. The minimum absolute atomic E-state index is 0.0640. The summed E-state index contributed by atoms with van der Waals surface area (Å²) in [6, 6.07) is 8.11. The predicted molar refractivity (Wildman–Crippen MR) is 226 cm³/mol. The number of Topliss-reactive ketones (excluding diaryl/α,β-unsaturated/α-hetero) is 1. The van der Waals surface area contributed by atoms with Crippen LogP contribution in [0.2, 0.25) is 0 Å². The summed E-state index contributed by atoms with van der Waals surface area (Å²) in [5, 5.41) is 26.3. The van der Waals surface area contributed by atoms with E-state index in [1.165, 1.54) is 11.1 Å². The highest BCUT2D eigenvalue weighted by Crippen LogP contribution is 2.51. The number of carbonyl (C=O) groups is 1. The molecule has 0 unspecified atom stereocenters. The van der Waals surface area contributed by atoms with Crippen LogP contribution in [0, 0.1) is 35.2 Å². The van der Waals surface area contributed by atoms with Gasteiger partial charge in [-0.25, -0.2) is 0 Å². The van der Waals surface area contributed by atoms with E-state index in [0.717, 1.165) is 96.3 Å². The maximum atomic E-state index is 13.3. The van der Waals surface area contributed by atoms with Crippen LogP contribution in [0.3, 0.4) is 0 Å². The largest absolute Gasteiger partial charge is 0.465 e. The summed E-state index contributed by atoms with van der Waals surface area (Å²) in [7, 11) is 3.59. The SMILES string of the molecule is CCCCC[C@@H](O)CC(=O)CCc1ccc2c3c1CSSC[C@H]1CN[C@H](N)c4ccc5c(c41)CC1=C4CN(C=C4N=C1)[C@@H](O3)[C@H](C#C[C@H]5O)C1(C#CO2)CCCC1. The number of aliphatic hydroxyl groups is 2. The number of nitrogens with two attached hydrogens (primary N) is 1. The van der Waals surface area contributed by atoms with Crippen molar-refractivity contribution in [1.82, 2.24) is 10.2 Å². The molecule has 1 spiro atoms. The van der Waals surface area contributed by atoms with Crippen molar-refractivity contribution in [2.45, 2.75) is 120 Å². The molecule has 8 bridgehead atoms. The average molecular weight is 805 g/mol. The number of hydrogen-bond donors (Lipinski definition) is 4. The third-order valence-electron chi connectivity index (χ3n) is 13.0. The number of fused-ring (bicyclic) bond motifs is 4. The van der Waals surface area contributed by atoms with Gasteiger partial charge in [-0.15, -0.1) is 0 Å². The van der Waals surface area contributed by atoms with Crippen LogP contribution < -0.4 is 20.5 Å². The summed E-state index contributed by atoms with van der Waals surface area (Å²) in [6.07, 6.45) is 13.9. The van der Waals surface area contributed by atoms with E-state index >= 15 is 0 Å². The number of hydrogen-bond acceptors (Lipinski definition) is 11. The fourth-order valence-electron chi connectivity index (χ4n) is 9.91. The molecule has 6 atom stereocenters. The summed E-state index contributed by atoms with van der Waals surface area (Å²) in [5.41, 5.74) is 15.7. The number of ether oxygens (including phenoxy) is 2. The summed E-state index contributed by atoms with van der Waals surface area (Å²) >= 11 is 0. The van der Waals surface area contributed by atoms with Crippen LogP contribution in [-0.4, -0.2) is 58.3 Å². The number of aryl methyl sites for hydroxylation is 1. The molecule has 298 valence electrons. The lowest BCUT2D eigenvalue weighted by Crippen LogP contribution is -2.47. The number of allylic oxidation sites excluding steroid dienone is 1. The van der Waals surface area contributed by atoms with Crippen molar-refractivity contribution in [3.8, 4) is 35.4 Å². The third-order valence-corrected chi connectivity index (χ3v) is 15.4. The second-order valence-corrected chi connectivity index (χ2v) is 19.2. The summed E-state index contributed by atoms with van der Waals surface area (Å²) in [6.45, 7) is 3.47. The van der Waals surface area contributed by atoms with E-state index in [2.05, 4.69) is 59.3 Å². The van der Waals surface area contributed by atoms with Gasteiger partial charge < -0.3 is 30.3 Å². The normalized spacial score (nSPS) is 26.8. The second kappa shape index (κ2) is 16.5. The van der Waals surface area contributed by atoms with Crippen LogP contribution in [-0.2, 0) is 23.4 Å². The number of unbranched alkanes of at least 4 members (excludes halogenated alkanes) is 2. The van der Waals surface area contributed by atoms with E-state index in [0.29, 0.717) is 49.5 Å². The van der Waals surface area contributed by atoms with Crippen LogP contribution >= 0.6 is 21.6 Å². The van der Waals surface area contributed by atoms with E-state index in [1.54, 1.807) is 10.8 Å². The monoisotopic (exact) mass is 804 g/mol. The molecule has 0 radical (unpaired) electrons. The van der Waals surface area contributed by atoms with Crippen LogP contribution in [0.4, 0.5) is 0 Å². The van der Waals surface area contributed by atoms with Crippen LogP contribution in [0.15, 0.2) is 52.3 Å². The minimum atomic E-state index is -1.02. The van der Waals surface area contributed by atoms with E-state index in [9.17, 15) is 15.0 Å². The average Bonchev–Trinajstić information content (AvgIpc) is 3.95. The van der Waals surface area contributed by atoms with Gasteiger partial charge in [-0.2, -0.15) is 0 Å². The zero-order chi connectivity index (χ0) is 39.1. The van der Waals surface area contributed by atoms with Gasteiger partial charge in [0.1, 0.15) is 18.0 Å². The van der Waals surface area contributed by atoms with Gasteiger partial charge in [-0.3, -0.25) is 15.1 Å². The van der Waals surface area contributed by atoms with E-state index in [-0.39, 0.29) is 24.3 Å². The molecule has 0 saturated heterocycles. The van der Waals surface area contributed by atoms with Gasteiger partial charge in [0.25, 0.3) is 0 Å². The topological polar surface area (TPSA) is 130 Å². The fraction of sp³-hybridized carbons (Fsp3) is 0.522. The van der Waals surface area contributed by atoms with Crippen molar-refractivity contribution in [3.63, 3.8) is 0 Å². The maximum absolute atomic E-state index is 13.3. The van der Waals surface area contributed by atoms with Crippen molar-refractivity contribution >= 4 is 33.6 Å². The molecule has 8 aliphatic rings. The van der Waals surface area contributed by atoms with Gasteiger partial charge in [0.15, 0.2) is 17.7 Å². The molecule has 1 fully saturated rings. The minimum Gasteiger partial charge on any atom is -0.465 e. The standard InChI is InChI=1S/C46H52N4O5S2/c1-2-3-4-7-31(51)21-32(52)10-8-28-9-15-41-43-37(28)27-57-56-26-30-23-49-44(47)34-12-11-33-35(42(30)34)20-29-22-48-39-25-50(24-36(29)39)45(55-43)38(13-14-40(33)53)46(18-19-54-41)16-5-6-17-46/h9,11-12,15,22,25,30-31,38,40,44-45,49,51,53H,2-8,10,16-17,20-21,23-24,26-27,47H2,1H3/t30-,31-,38+,40-,44+,45+/m1/s1. The molecule has 11 heteroatoms. The number of nitrogens with one attached hydrogen (secondary N) is 1. The zero-order valence-electron chi connectivity index (χ0n) is 32.6. The summed E-state index contributed by atoms with van der Waals surface area (Å²) in [5.74, 6) is 13.1. The Hall–Kier alpha value is -3.68. The van der Waals surface area contributed by atoms with Crippen molar-refractivity contribution in [2.24, 2.45) is 22.1 Å². The Morgan fingerprint density at radius 2 is 2.00 bits per heavy atom. The summed E-state index contributed by atoms with van der Waals surface area (Å²) < 4.78 is 13.8. The van der Waals surface area contributed by atoms with Crippen molar-refractivity contribution < 1.29 is 24.5 Å². The number of aliphatic hydroxyl groups excluding tert-OH is 2. The molecule has 7 heterocycles. The molecule has 2 aromatic carbocycles. The first-order valence-corrected chi connectivity index (χ1v) is 23.3. The number of rotatable bonds is 9. The molecule has 10 rings (SSSR count). The first-order chi connectivity index (χ1) is 27.8. The van der Waals surface area contributed by atoms with Crippen LogP contribution in [0.1, 0.15) is 123 Å². The smallest absolute Gasteiger partial charge is 0.187 e. The Morgan fingerprint density at radius 3 is 2.86 bits per heavy atom. The third kappa shape index (κ3) is 7.57. The van der Waals surface area contributed by atoms with E-state index in [1.807, 2.05) is 29.1 Å². The van der Waals surface area contributed by atoms with Crippen LogP contribution in [0.5, 0.6) is 11.5 Å². The number of ketones is 1. The highest BCUT2D eigenvalue weighted by molar-refractivity contribution is 8.76. The first kappa shape index (κ1) is 38.8. The number of carbonyl (C=O) groups excluding carboxylic acids is 1. The predicted octanol–water partition coefficient (Wildman–Crippen LogP) is 7.12. The Labute approximate surface area is 344 Å². The van der Waals surface area contributed by atoms with Gasteiger partial charge in [0, 0.05) is 73.3 Å². The van der Waals surface area contributed by atoms with Crippen LogP contribution in [0.25, 0.3) is 0 Å². The highest BCUT2D eigenvalue weighted by atomic mass is 33.1. The Bertz CT molecular complexity index is 2150. The summed E-state index contributed by atoms with van der Waals surface area (Å²) in [4.78, 5) is 20.5. The first-order valence-electron chi connectivity index (χ1n) is 20.8. The van der Waals surface area contributed by atoms with Crippen molar-refractivity contribution in [3.05, 3.63) is 80.7 Å². The van der Waals surface area contributed by atoms with Gasteiger partial charge >= 0.3 is 0 Å². The molecule has 9 nitrogen and oxygen atoms in total. The van der Waals surface area contributed by atoms with E-state index in [4.69, 9.17) is 20.2 Å².